The summed E-state index contributed by atoms with van der Waals surface area (Å²) in [5, 5.41) is 11.2. The summed E-state index contributed by atoms with van der Waals surface area (Å²) >= 11 is 0. The zero-order chi connectivity index (χ0) is 16.9. The highest BCUT2D eigenvalue weighted by molar-refractivity contribution is 5.79. The lowest BCUT2D eigenvalue weighted by molar-refractivity contribution is 0.241. The first-order chi connectivity index (χ1) is 10.2. The van der Waals surface area contributed by atoms with Gasteiger partial charge in [-0.25, -0.2) is 0 Å². The highest BCUT2D eigenvalue weighted by atomic mass is 15.3. The molecule has 0 aliphatic carbocycles. The van der Waals surface area contributed by atoms with Gasteiger partial charge in [-0.15, -0.1) is 0 Å². The predicted octanol–water partition coefficient (Wildman–Crippen LogP) is 1.29. The van der Waals surface area contributed by atoms with Crippen LogP contribution in [0.3, 0.4) is 0 Å². The molecule has 126 valence electrons. The van der Waals surface area contributed by atoms with Gasteiger partial charge in [0.15, 0.2) is 5.96 Å². The quantitative estimate of drug-likeness (QED) is 0.614. The number of nitrogens with zero attached hydrogens (tertiary/aromatic N) is 4. The van der Waals surface area contributed by atoms with E-state index in [1.807, 2.05) is 18.7 Å². The fourth-order valence-electron chi connectivity index (χ4n) is 2.70. The Hall–Kier alpha value is -1.56. The Bertz CT molecular complexity index is 513. The number of guanidine groups is 1. The van der Waals surface area contributed by atoms with Crippen LogP contribution in [-0.2, 0) is 13.6 Å². The van der Waals surface area contributed by atoms with E-state index in [0.29, 0.717) is 0 Å². The fraction of sp³-hybridized carbons (Fsp3) is 0.750. The molecule has 0 fully saturated rings. The molecule has 0 radical (unpaired) electrons. The van der Waals surface area contributed by atoms with Gasteiger partial charge < -0.3 is 15.5 Å². The molecule has 0 atom stereocenters. The van der Waals surface area contributed by atoms with Gasteiger partial charge in [-0.3, -0.25) is 9.67 Å². The number of hydrogen-bond donors (Lipinski definition) is 2. The number of aliphatic imine (C=N–C) groups is 1. The third kappa shape index (κ3) is 5.33. The second-order valence-corrected chi connectivity index (χ2v) is 6.95. The molecular weight excluding hydrogens is 276 g/mol. The van der Waals surface area contributed by atoms with Crippen molar-refractivity contribution in [3.63, 3.8) is 0 Å². The number of hydrogen-bond acceptors (Lipinski definition) is 3. The third-order valence-electron chi connectivity index (χ3n) is 3.79. The first-order valence-electron chi connectivity index (χ1n) is 7.74. The van der Waals surface area contributed by atoms with E-state index in [0.717, 1.165) is 31.3 Å². The molecule has 0 bridgehead atoms. The van der Waals surface area contributed by atoms with Gasteiger partial charge in [0, 0.05) is 45.0 Å². The van der Waals surface area contributed by atoms with Crippen LogP contribution < -0.4 is 10.6 Å². The average Bonchev–Trinajstić information content (AvgIpc) is 2.63. The van der Waals surface area contributed by atoms with E-state index in [-0.39, 0.29) is 5.41 Å². The van der Waals surface area contributed by atoms with Crippen molar-refractivity contribution in [3.8, 4) is 0 Å². The second-order valence-electron chi connectivity index (χ2n) is 6.95. The van der Waals surface area contributed by atoms with Crippen LogP contribution in [0.5, 0.6) is 0 Å². The Balaban J connectivity index is 2.56. The normalized spacial score (nSPS) is 12.9. The summed E-state index contributed by atoms with van der Waals surface area (Å²) in [6.45, 7) is 11.3. The molecule has 0 saturated heterocycles. The van der Waals surface area contributed by atoms with E-state index in [1.54, 1.807) is 7.05 Å². The molecule has 1 rings (SSSR count). The van der Waals surface area contributed by atoms with Gasteiger partial charge in [-0.05, 0) is 33.4 Å². The monoisotopic (exact) mass is 308 g/mol. The lowest BCUT2D eigenvalue weighted by atomic mass is 9.93. The van der Waals surface area contributed by atoms with Crippen LogP contribution in [0.15, 0.2) is 4.99 Å². The van der Waals surface area contributed by atoms with E-state index < -0.39 is 0 Å². The molecule has 1 aromatic heterocycles. The summed E-state index contributed by atoms with van der Waals surface area (Å²) in [5.41, 5.74) is 3.67. The van der Waals surface area contributed by atoms with Crippen molar-refractivity contribution in [3.05, 3.63) is 17.0 Å². The molecule has 22 heavy (non-hydrogen) atoms. The van der Waals surface area contributed by atoms with Crippen LogP contribution in [0.2, 0.25) is 0 Å². The van der Waals surface area contributed by atoms with E-state index >= 15 is 0 Å². The van der Waals surface area contributed by atoms with Gasteiger partial charge in [0.25, 0.3) is 0 Å². The lowest BCUT2D eigenvalue weighted by Gasteiger charge is -2.29. The Morgan fingerprint density at radius 3 is 2.36 bits per heavy atom. The fourth-order valence-corrected chi connectivity index (χ4v) is 2.70. The minimum absolute atomic E-state index is 0.182. The SMILES string of the molecule is CN=C(NCc1c(C)nn(C)c1C)NCC(C)(C)CN(C)C. The first kappa shape index (κ1) is 18.5. The smallest absolute Gasteiger partial charge is 0.191 e. The first-order valence-corrected chi connectivity index (χ1v) is 7.74. The van der Waals surface area contributed by atoms with Crippen molar-refractivity contribution in [2.75, 3.05) is 34.2 Å². The van der Waals surface area contributed by atoms with Crippen LogP contribution in [0.1, 0.15) is 30.8 Å². The Labute approximate surface area is 135 Å². The highest BCUT2D eigenvalue weighted by Gasteiger charge is 2.19. The molecule has 0 spiro atoms. The van der Waals surface area contributed by atoms with Crippen molar-refractivity contribution >= 4 is 5.96 Å². The van der Waals surface area contributed by atoms with Crippen molar-refractivity contribution in [2.24, 2.45) is 17.5 Å². The van der Waals surface area contributed by atoms with Crippen LogP contribution >= 0.6 is 0 Å². The van der Waals surface area contributed by atoms with Gasteiger partial charge in [-0.1, -0.05) is 13.8 Å². The molecule has 6 heteroatoms. The molecule has 6 nitrogen and oxygen atoms in total. The van der Waals surface area contributed by atoms with Crippen LogP contribution in [0, 0.1) is 19.3 Å². The summed E-state index contributed by atoms with van der Waals surface area (Å²) in [6.07, 6.45) is 0. The summed E-state index contributed by atoms with van der Waals surface area (Å²) in [7, 11) is 7.98. The zero-order valence-corrected chi connectivity index (χ0v) is 15.4. The average molecular weight is 308 g/mol. The van der Waals surface area contributed by atoms with Crippen molar-refractivity contribution in [1.82, 2.24) is 25.3 Å². The molecule has 1 aromatic rings. The van der Waals surface area contributed by atoms with Crippen LogP contribution in [0.4, 0.5) is 0 Å². The minimum atomic E-state index is 0.182. The maximum atomic E-state index is 4.44. The third-order valence-corrected chi connectivity index (χ3v) is 3.79. The topological polar surface area (TPSA) is 57.5 Å². The van der Waals surface area contributed by atoms with Crippen LogP contribution in [-0.4, -0.2) is 54.9 Å². The van der Waals surface area contributed by atoms with Gasteiger partial charge >= 0.3 is 0 Å². The molecule has 0 unspecified atom stereocenters. The molecule has 2 N–H and O–H groups in total. The maximum Gasteiger partial charge on any atom is 0.191 e. The largest absolute Gasteiger partial charge is 0.356 e. The summed E-state index contributed by atoms with van der Waals surface area (Å²) in [6, 6.07) is 0. The summed E-state index contributed by atoms with van der Waals surface area (Å²) in [5.74, 6) is 0.828. The lowest BCUT2D eigenvalue weighted by Crippen LogP contribution is -2.44. The maximum absolute atomic E-state index is 4.44. The summed E-state index contributed by atoms with van der Waals surface area (Å²) in [4.78, 5) is 6.51. The van der Waals surface area contributed by atoms with Gasteiger partial charge in [0.05, 0.1) is 5.69 Å². The second kappa shape index (κ2) is 7.63. The Morgan fingerprint density at radius 1 is 1.27 bits per heavy atom. The van der Waals surface area contributed by atoms with E-state index in [2.05, 4.69) is 60.5 Å². The molecule has 1 heterocycles. The molecule has 0 aromatic carbocycles. The van der Waals surface area contributed by atoms with Crippen LogP contribution in [0.25, 0.3) is 0 Å². The van der Waals surface area contributed by atoms with Gasteiger partial charge in [0.2, 0.25) is 0 Å². The molecule has 0 aliphatic rings. The van der Waals surface area contributed by atoms with Crippen molar-refractivity contribution < 1.29 is 0 Å². The summed E-state index contributed by atoms with van der Waals surface area (Å²) < 4.78 is 1.92. The number of aryl methyl sites for hydroxylation is 2. The molecule has 0 saturated carbocycles. The highest BCUT2D eigenvalue weighted by Crippen LogP contribution is 2.14. The van der Waals surface area contributed by atoms with Crippen molar-refractivity contribution in [2.45, 2.75) is 34.2 Å². The van der Waals surface area contributed by atoms with Gasteiger partial charge in [-0.2, -0.15) is 5.10 Å². The van der Waals surface area contributed by atoms with Gasteiger partial charge in [0.1, 0.15) is 0 Å². The molecule has 0 amide bonds. The number of aromatic nitrogens is 2. The van der Waals surface area contributed by atoms with E-state index in [1.165, 1.54) is 11.3 Å². The number of rotatable bonds is 6. The predicted molar refractivity (Wildman–Crippen MR) is 93.2 cm³/mol. The molecule has 0 aliphatic heterocycles. The van der Waals surface area contributed by atoms with Crippen molar-refractivity contribution in [1.29, 1.82) is 0 Å². The minimum Gasteiger partial charge on any atom is -0.356 e. The van der Waals surface area contributed by atoms with E-state index in [4.69, 9.17) is 0 Å². The number of nitrogens with one attached hydrogen (secondary N) is 2. The Morgan fingerprint density at radius 2 is 1.91 bits per heavy atom. The van der Waals surface area contributed by atoms with E-state index in [9.17, 15) is 0 Å². The zero-order valence-electron chi connectivity index (χ0n) is 15.4. The standard InChI is InChI=1S/C16H32N6/c1-12-14(13(2)22(8)20-12)9-18-15(17-5)19-10-16(3,4)11-21(6)7/h9-11H2,1-8H3,(H2,17,18,19). The Kier molecular flexibility index (Phi) is 6.41. The molecular formula is C16H32N6.